The van der Waals surface area contributed by atoms with Gasteiger partial charge >= 0.3 is 0 Å². The number of fused-ring (bicyclic) bond motifs is 1. The van der Waals surface area contributed by atoms with Crippen LogP contribution in [0.2, 0.25) is 0 Å². The lowest BCUT2D eigenvalue weighted by atomic mass is 10.1. The highest BCUT2D eigenvalue weighted by atomic mass is 16.5. The zero-order valence-electron chi connectivity index (χ0n) is 13.3. The van der Waals surface area contributed by atoms with Gasteiger partial charge in [-0.3, -0.25) is 4.79 Å². The van der Waals surface area contributed by atoms with Crippen LogP contribution in [-0.2, 0) is 4.79 Å². The molecule has 1 atom stereocenters. The van der Waals surface area contributed by atoms with Crippen LogP contribution < -0.4 is 10.1 Å². The van der Waals surface area contributed by atoms with Gasteiger partial charge in [0.1, 0.15) is 5.75 Å². The first-order valence-corrected chi connectivity index (χ1v) is 8.31. The summed E-state index contributed by atoms with van der Waals surface area (Å²) < 4.78 is 6.19. The Hall–Kier alpha value is -2.81. The van der Waals surface area contributed by atoms with Crippen LogP contribution >= 0.6 is 0 Å². The molecule has 3 heteroatoms. The first-order chi connectivity index (χ1) is 11.8. The first kappa shape index (κ1) is 14.8. The van der Waals surface area contributed by atoms with Gasteiger partial charge in [-0.25, -0.2) is 0 Å². The average molecular weight is 317 g/mol. The van der Waals surface area contributed by atoms with Crippen LogP contribution in [0.5, 0.6) is 5.75 Å². The summed E-state index contributed by atoms with van der Waals surface area (Å²) in [6, 6.07) is 23.9. The summed E-state index contributed by atoms with van der Waals surface area (Å²) in [6.07, 6.45) is 1.47. The maximum Gasteiger partial charge on any atom is 0.266 e. The minimum absolute atomic E-state index is 0.0726. The monoisotopic (exact) mass is 317 g/mol. The number of benzene rings is 3. The highest BCUT2D eigenvalue weighted by Gasteiger charge is 2.29. The predicted octanol–water partition coefficient (Wildman–Crippen LogP) is 4.24. The lowest BCUT2D eigenvalue weighted by molar-refractivity contribution is -0.128. The van der Waals surface area contributed by atoms with Crippen molar-refractivity contribution in [3.63, 3.8) is 0 Å². The molecule has 24 heavy (non-hydrogen) atoms. The van der Waals surface area contributed by atoms with E-state index in [0.29, 0.717) is 6.04 Å². The maximum absolute atomic E-state index is 12.7. The normalized spacial score (nSPS) is 15.0. The molecule has 1 aliphatic rings. The predicted molar refractivity (Wildman–Crippen MR) is 94.9 cm³/mol. The largest absolute Gasteiger partial charge is 0.475 e. The fourth-order valence-corrected chi connectivity index (χ4v) is 2.83. The van der Waals surface area contributed by atoms with E-state index >= 15 is 0 Å². The van der Waals surface area contributed by atoms with E-state index in [0.717, 1.165) is 34.9 Å². The summed E-state index contributed by atoms with van der Waals surface area (Å²) in [5.74, 6) is 0.657. The molecule has 4 rings (SSSR count). The van der Waals surface area contributed by atoms with E-state index in [-0.39, 0.29) is 5.91 Å². The minimum atomic E-state index is -0.641. The van der Waals surface area contributed by atoms with E-state index in [9.17, 15) is 4.79 Å². The Bertz CT molecular complexity index is 851. The van der Waals surface area contributed by atoms with Gasteiger partial charge in [0.2, 0.25) is 6.10 Å². The fraction of sp³-hybridized carbons (Fsp3) is 0.190. The molecule has 0 unspecified atom stereocenters. The van der Waals surface area contributed by atoms with E-state index in [4.69, 9.17) is 4.74 Å². The third-order valence-electron chi connectivity index (χ3n) is 4.26. The topological polar surface area (TPSA) is 38.3 Å². The molecule has 3 aromatic rings. The van der Waals surface area contributed by atoms with Crippen molar-refractivity contribution < 1.29 is 9.53 Å². The lowest BCUT2D eigenvalue weighted by Crippen LogP contribution is -2.33. The van der Waals surface area contributed by atoms with Crippen LogP contribution in [-0.4, -0.2) is 11.9 Å². The van der Waals surface area contributed by atoms with Gasteiger partial charge in [-0.05, 0) is 24.3 Å². The zero-order valence-corrected chi connectivity index (χ0v) is 13.3. The van der Waals surface area contributed by atoms with Gasteiger partial charge in [0, 0.05) is 17.0 Å². The maximum atomic E-state index is 12.7. The molecule has 3 nitrogen and oxygen atoms in total. The molecule has 0 radical (unpaired) electrons. The summed E-state index contributed by atoms with van der Waals surface area (Å²) in [5.41, 5.74) is 0.864. The molecule has 1 amide bonds. The number of carbonyl (C=O) groups excluding carboxylic acids is 1. The number of nitrogens with one attached hydrogen (secondary N) is 1. The Morgan fingerprint density at radius 2 is 1.62 bits per heavy atom. The molecule has 0 aromatic heterocycles. The van der Waals surface area contributed by atoms with Gasteiger partial charge in [-0.2, -0.15) is 0 Å². The number of carbonyl (C=O) groups is 1. The van der Waals surface area contributed by atoms with Crippen molar-refractivity contribution in [3.8, 4) is 5.75 Å². The van der Waals surface area contributed by atoms with E-state index in [1.807, 2.05) is 72.8 Å². The molecule has 1 aliphatic carbocycles. The molecule has 0 aliphatic heterocycles. The highest BCUT2D eigenvalue weighted by molar-refractivity contribution is 5.89. The Morgan fingerprint density at radius 1 is 0.917 bits per heavy atom. The molecule has 0 bridgehead atoms. The standard InChI is InChI=1S/C21H19NO2/c23-21(22-17-13-14-17)20(16-8-2-1-3-9-16)24-19-12-6-10-15-7-4-5-11-18(15)19/h1-12,17,20H,13-14H2,(H,22,23)/t20-/m0/s1. The molecule has 0 saturated heterocycles. The fourth-order valence-electron chi connectivity index (χ4n) is 2.83. The Morgan fingerprint density at radius 3 is 2.42 bits per heavy atom. The number of amides is 1. The summed E-state index contributed by atoms with van der Waals surface area (Å²) in [6.45, 7) is 0. The molecule has 1 N–H and O–H groups in total. The molecule has 0 heterocycles. The van der Waals surface area contributed by atoms with Gasteiger partial charge in [0.15, 0.2) is 0 Å². The second-order valence-corrected chi connectivity index (χ2v) is 6.17. The number of hydrogen-bond acceptors (Lipinski definition) is 2. The molecule has 1 fully saturated rings. The van der Waals surface area contributed by atoms with Crippen molar-refractivity contribution in [2.75, 3.05) is 0 Å². The van der Waals surface area contributed by atoms with Crippen LogP contribution in [0.15, 0.2) is 72.8 Å². The van der Waals surface area contributed by atoms with E-state index < -0.39 is 6.10 Å². The number of ether oxygens (including phenoxy) is 1. The third kappa shape index (κ3) is 3.11. The molecular formula is C21H19NO2. The van der Waals surface area contributed by atoms with Crippen molar-refractivity contribution in [1.82, 2.24) is 5.32 Å². The van der Waals surface area contributed by atoms with Crippen LogP contribution in [0.25, 0.3) is 10.8 Å². The lowest BCUT2D eigenvalue weighted by Gasteiger charge is -2.20. The number of hydrogen-bond donors (Lipinski definition) is 1. The Labute approximate surface area is 141 Å². The Kier molecular flexibility index (Phi) is 3.91. The second kappa shape index (κ2) is 6.36. The highest BCUT2D eigenvalue weighted by Crippen LogP contribution is 2.30. The van der Waals surface area contributed by atoms with Crippen molar-refractivity contribution in [2.45, 2.75) is 25.0 Å². The van der Waals surface area contributed by atoms with Gasteiger partial charge in [0.25, 0.3) is 5.91 Å². The smallest absolute Gasteiger partial charge is 0.266 e. The summed E-state index contributed by atoms with van der Waals surface area (Å²) >= 11 is 0. The average Bonchev–Trinajstić information content (AvgIpc) is 3.44. The van der Waals surface area contributed by atoms with Gasteiger partial charge in [-0.1, -0.05) is 66.7 Å². The number of rotatable bonds is 5. The molecule has 0 spiro atoms. The summed E-state index contributed by atoms with van der Waals surface area (Å²) in [7, 11) is 0. The molecule has 3 aromatic carbocycles. The van der Waals surface area contributed by atoms with E-state index in [1.165, 1.54) is 0 Å². The third-order valence-corrected chi connectivity index (χ3v) is 4.26. The van der Waals surface area contributed by atoms with Gasteiger partial charge in [-0.15, -0.1) is 0 Å². The Balaban J connectivity index is 1.69. The van der Waals surface area contributed by atoms with Crippen LogP contribution in [0, 0.1) is 0 Å². The van der Waals surface area contributed by atoms with Crippen molar-refractivity contribution in [1.29, 1.82) is 0 Å². The van der Waals surface area contributed by atoms with Gasteiger partial charge in [0.05, 0.1) is 0 Å². The van der Waals surface area contributed by atoms with Crippen molar-refractivity contribution >= 4 is 16.7 Å². The van der Waals surface area contributed by atoms with Crippen LogP contribution in [0.1, 0.15) is 24.5 Å². The summed E-state index contributed by atoms with van der Waals surface area (Å²) in [5, 5.41) is 5.17. The van der Waals surface area contributed by atoms with Gasteiger partial charge < -0.3 is 10.1 Å². The van der Waals surface area contributed by atoms with E-state index in [2.05, 4.69) is 5.32 Å². The molecular weight excluding hydrogens is 298 g/mol. The minimum Gasteiger partial charge on any atom is -0.475 e. The van der Waals surface area contributed by atoms with Crippen LogP contribution in [0.4, 0.5) is 0 Å². The van der Waals surface area contributed by atoms with Crippen molar-refractivity contribution in [2.24, 2.45) is 0 Å². The SMILES string of the molecule is O=C(NC1CC1)[C@@H](Oc1cccc2ccccc12)c1ccccc1. The molecule has 1 saturated carbocycles. The van der Waals surface area contributed by atoms with Crippen LogP contribution in [0.3, 0.4) is 0 Å². The summed E-state index contributed by atoms with van der Waals surface area (Å²) in [4.78, 5) is 12.7. The second-order valence-electron chi connectivity index (χ2n) is 6.17. The molecule has 120 valence electrons. The van der Waals surface area contributed by atoms with E-state index in [1.54, 1.807) is 0 Å². The first-order valence-electron chi connectivity index (χ1n) is 8.31. The quantitative estimate of drug-likeness (QED) is 0.764. The zero-order chi connectivity index (χ0) is 16.4. The van der Waals surface area contributed by atoms with Crippen molar-refractivity contribution in [3.05, 3.63) is 78.4 Å².